The van der Waals surface area contributed by atoms with Crippen LogP contribution in [-0.2, 0) is 27.3 Å². The summed E-state index contributed by atoms with van der Waals surface area (Å²) >= 11 is 0. The fraction of sp³-hybridized carbons (Fsp3) is 0.600. The second-order valence-corrected chi connectivity index (χ2v) is 11.8. The van der Waals surface area contributed by atoms with Gasteiger partial charge in [0.05, 0.1) is 23.1 Å². The number of rotatable bonds is 7. The van der Waals surface area contributed by atoms with Gasteiger partial charge in [0.2, 0.25) is 0 Å². The highest BCUT2D eigenvalue weighted by Gasteiger charge is 2.33. The molecule has 1 saturated carbocycles. The lowest BCUT2D eigenvalue weighted by Gasteiger charge is -2.33. The van der Waals surface area contributed by atoms with Gasteiger partial charge in [-0.3, -0.25) is 4.90 Å². The number of sulfone groups is 1. The van der Waals surface area contributed by atoms with Gasteiger partial charge < -0.3 is 9.15 Å². The lowest BCUT2D eigenvalue weighted by molar-refractivity contribution is -0.137. The number of halogens is 4. The van der Waals surface area contributed by atoms with Crippen LogP contribution in [0.4, 0.5) is 17.6 Å². The summed E-state index contributed by atoms with van der Waals surface area (Å²) < 4.78 is 87.2. The van der Waals surface area contributed by atoms with Crippen LogP contribution in [-0.4, -0.2) is 45.4 Å². The maximum Gasteiger partial charge on any atom is 0.419 e. The van der Waals surface area contributed by atoms with Crippen LogP contribution in [0.5, 0.6) is 0 Å². The Bertz CT molecular complexity index is 1100. The van der Waals surface area contributed by atoms with Crippen LogP contribution >= 0.6 is 0 Å². The first-order valence-electron chi connectivity index (χ1n) is 12.0. The molecule has 0 radical (unpaired) electrons. The van der Waals surface area contributed by atoms with Gasteiger partial charge in [-0.25, -0.2) is 12.8 Å². The van der Waals surface area contributed by atoms with Crippen LogP contribution < -0.4 is 0 Å². The largest absolute Gasteiger partial charge is 0.467 e. The van der Waals surface area contributed by atoms with Crippen molar-refractivity contribution in [3.05, 3.63) is 53.2 Å². The van der Waals surface area contributed by atoms with E-state index < -0.39 is 27.4 Å². The van der Waals surface area contributed by atoms with Crippen molar-refractivity contribution in [1.82, 2.24) is 4.90 Å². The summed E-state index contributed by atoms with van der Waals surface area (Å²) in [6, 6.07) is 5.25. The molecule has 0 atom stereocenters. The molecule has 10 heteroatoms. The first kappa shape index (κ1) is 26.2. The van der Waals surface area contributed by atoms with E-state index in [4.69, 9.17) is 9.15 Å². The number of furan rings is 1. The molecule has 1 saturated heterocycles. The van der Waals surface area contributed by atoms with Crippen LogP contribution in [0.2, 0.25) is 0 Å². The summed E-state index contributed by atoms with van der Waals surface area (Å²) in [5.74, 6) is 0.331. The Morgan fingerprint density at radius 2 is 1.74 bits per heavy atom. The van der Waals surface area contributed by atoms with Crippen molar-refractivity contribution in [2.24, 2.45) is 5.92 Å². The molecule has 1 aliphatic carbocycles. The molecule has 5 nitrogen and oxygen atoms in total. The number of hydrogen-bond donors (Lipinski definition) is 0. The standard InChI is InChI=1S/C25H31F4NO4S/c1-35(31,32)22-6-7-23(24(26)13-22)18-2-4-20(5-3-18)33-15-17-8-10-30(11-9-17)14-21-12-19(16-34-21)25(27,28)29/h6-7,12-13,16-18,20H,2-5,8-11,14-15H2,1H3. The minimum absolute atomic E-state index is 0.00275. The Labute approximate surface area is 203 Å². The lowest BCUT2D eigenvalue weighted by atomic mass is 9.82. The summed E-state index contributed by atoms with van der Waals surface area (Å²) in [6.07, 6.45) is 2.66. The van der Waals surface area contributed by atoms with Gasteiger partial charge in [0, 0.05) is 12.9 Å². The number of ether oxygens (including phenoxy) is 1. The van der Waals surface area contributed by atoms with Gasteiger partial charge in [-0.1, -0.05) is 6.07 Å². The topological polar surface area (TPSA) is 59.8 Å². The van der Waals surface area contributed by atoms with E-state index in [2.05, 4.69) is 4.90 Å². The Morgan fingerprint density at radius 3 is 2.31 bits per heavy atom. The smallest absolute Gasteiger partial charge is 0.419 e. The highest BCUT2D eigenvalue weighted by atomic mass is 32.2. The zero-order valence-corrected chi connectivity index (χ0v) is 20.5. The summed E-state index contributed by atoms with van der Waals surface area (Å²) in [7, 11) is -3.43. The predicted molar refractivity (Wildman–Crippen MR) is 122 cm³/mol. The van der Waals surface area contributed by atoms with Crippen molar-refractivity contribution in [2.45, 2.75) is 68.2 Å². The quantitative estimate of drug-likeness (QED) is 0.435. The van der Waals surface area contributed by atoms with Crippen LogP contribution in [0, 0.1) is 11.7 Å². The van der Waals surface area contributed by atoms with Crippen molar-refractivity contribution in [3.8, 4) is 0 Å². The molecule has 194 valence electrons. The van der Waals surface area contributed by atoms with Crippen molar-refractivity contribution >= 4 is 9.84 Å². The monoisotopic (exact) mass is 517 g/mol. The lowest BCUT2D eigenvalue weighted by Crippen LogP contribution is -2.35. The molecule has 0 bridgehead atoms. The maximum atomic E-state index is 14.5. The number of alkyl halides is 3. The summed E-state index contributed by atoms with van der Waals surface area (Å²) in [5, 5.41) is 0. The molecule has 2 aromatic rings. The molecule has 2 aliphatic rings. The molecule has 2 heterocycles. The number of nitrogens with zero attached hydrogens (tertiary/aromatic N) is 1. The van der Waals surface area contributed by atoms with E-state index in [1.807, 2.05) is 0 Å². The van der Waals surface area contributed by atoms with Crippen molar-refractivity contribution in [1.29, 1.82) is 0 Å². The maximum absolute atomic E-state index is 14.5. The van der Waals surface area contributed by atoms with Crippen molar-refractivity contribution in [2.75, 3.05) is 26.0 Å². The highest BCUT2D eigenvalue weighted by molar-refractivity contribution is 7.90. The van der Waals surface area contributed by atoms with Crippen LogP contribution in [0.15, 0.2) is 39.8 Å². The Hall–Kier alpha value is -1.91. The molecule has 1 aliphatic heterocycles. The Balaban J connectivity index is 1.17. The zero-order chi connectivity index (χ0) is 25.2. The number of hydrogen-bond acceptors (Lipinski definition) is 5. The average molecular weight is 518 g/mol. The molecular weight excluding hydrogens is 486 g/mol. The van der Waals surface area contributed by atoms with Gasteiger partial charge >= 0.3 is 6.18 Å². The van der Waals surface area contributed by atoms with Gasteiger partial charge in [0.1, 0.15) is 17.8 Å². The Morgan fingerprint density at radius 1 is 1.06 bits per heavy atom. The third kappa shape index (κ3) is 6.86. The Kier molecular flexibility index (Phi) is 7.92. The van der Waals surface area contributed by atoms with E-state index in [9.17, 15) is 26.0 Å². The van der Waals surface area contributed by atoms with Crippen LogP contribution in [0.25, 0.3) is 0 Å². The third-order valence-electron chi connectivity index (χ3n) is 7.15. The molecule has 1 aromatic carbocycles. The molecule has 4 rings (SSSR count). The van der Waals surface area contributed by atoms with Crippen molar-refractivity contribution in [3.63, 3.8) is 0 Å². The second kappa shape index (κ2) is 10.6. The van der Waals surface area contributed by atoms with Crippen LogP contribution in [0.1, 0.15) is 61.3 Å². The van der Waals surface area contributed by atoms with Gasteiger partial charge in [-0.2, -0.15) is 13.2 Å². The number of likely N-dealkylation sites (tertiary alicyclic amines) is 1. The molecule has 35 heavy (non-hydrogen) atoms. The van der Waals surface area contributed by atoms with E-state index in [0.717, 1.165) is 76.3 Å². The van der Waals surface area contributed by atoms with E-state index >= 15 is 0 Å². The van der Waals surface area contributed by atoms with E-state index in [1.54, 1.807) is 6.07 Å². The average Bonchev–Trinajstić information content (AvgIpc) is 3.28. The van der Waals surface area contributed by atoms with Crippen molar-refractivity contribution < 1.29 is 35.1 Å². The fourth-order valence-corrected chi connectivity index (χ4v) is 5.66. The second-order valence-electron chi connectivity index (χ2n) is 9.78. The zero-order valence-electron chi connectivity index (χ0n) is 19.7. The van der Waals surface area contributed by atoms with Gasteiger partial charge in [0.25, 0.3) is 0 Å². The summed E-state index contributed by atoms with van der Waals surface area (Å²) in [5.41, 5.74) is -0.179. The molecule has 0 amide bonds. The molecule has 0 spiro atoms. The van der Waals surface area contributed by atoms with Gasteiger partial charge in [-0.15, -0.1) is 0 Å². The first-order chi connectivity index (χ1) is 16.5. The third-order valence-corrected chi connectivity index (χ3v) is 8.26. The molecule has 0 unspecified atom stereocenters. The van der Waals surface area contributed by atoms with Gasteiger partial charge in [-0.05, 0) is 87.2 Å². The number of benzene rings is 1. The van der Waals surface area contributed by atoms with Gasteiger partial charge in [0.15, 0.2) is 9.84 Å². The minimum Gasteiger partial charge on any atom is -0.467 e. The van der Waals surface area contributed by atoms with E-state index in [1.165, 1.54) is 6.07 Å². The molecule has 1 aromatic heterocycles. The molecule has 0 N–H and O–H groups in total. The molecular formula is C25H31F4NO4S. The van der Waals surface area contributed by atoms with E-state index in [-0.39, 0.29) is 16.9 Å². The fourth-order valence-electron chi connectivity index (χ4n) is 5.03. The number of piperidine rings is 1. The van der Waals surface area contributed by atoms with E-state index in [0.29, 0.717) is 30.4 Å². The highest BCUT2D eigenvalue weighted by Crippen LogP contribution is 2.36. The van der Waals surface area contributed by atoms with Crippen LogP contribution in [0.3, 0.4) is 0 Å². The molecule has 2 fully saturated rings. The normalized spacial score (nSPS) is 23.0. The summed E-state index contributed by atoms with van der Waals surface area (Å²) in [4.78, 5) is 2.10. The first-order valence-corrected chi connectivity index (χ1v) is 13.9. The SMILES string of the molecule is CS(=O)(=O)c1ccc(C2CCC(OCC3CCN(Cc4cc(C(F)(F)F)co4)CC3)CC2)c(F)c1. The predicted octanol–water partition coefficient (Wildman–Crippen LogP) is 5.80. The minimum atomic E-state index is -4.39. The summed E-state index contributed by atoms with van der Waals surface area (Å²) in [6.45, 7) is 2.59.